The van der Waals surface area contributed by atoms with E-state index in [0.717, 1.165) is 0 Å². The average Bonchev–Trinajstić information content (AvgIpc) is 2.49. The number of hydrogen-bond acceptors (Lipinski definition) is 5. The molecule has 0 aliphatic rings. The highest BCUT2D eigenvalue weighted by Crippen LogP contribution is 2.21. The van der Waals surface area contributed by atoms with E-state index in [0.29, 0.717) is 10.8 Å². The molecule has 7 heteroatoms. The van der Waals surface area contributed by atoms with Gasteiger partial charge in [0.1, 0.15) is 11.5 Å². The predicted molar refractivity (Wildman–Crippen MR) is 80.3 cm³/mol. The summed E-state index contributed by atoms with van der Waals surface area (Å²) >= 11 is 5.76. The second-order valence-corrected chi connectivity index (χ2v) is 4.83. The minimum atomic E-state index is -0.875. The Morgan fingerprint density at radius 1 is 1.18 bits per heavy atom. The molecule has 1 atom stereocenters. The summed E-state index contributed by atoms with van der Waals surface area (Å²) < 4.78 is 10.5. The van der Waals surface area contributed by atoms with Gasteiger partial charge >= 0.3 is 5.97 Å². The molecule has 6 nitrogen and oxygen atoms in total. The van der Waals surface area contributed by atoms with Crippen LogP contribution >= 0.6 is 11.6 Å². The Morgan fingerprint density at radius 3 is 2.50 bits per heavy atom. The maximum absolute atomic E-state index is 11.9. The predicted octanol–water partition coefficient (Wildman–Crippen LogP) is 3.62. The van der Waals surface area contributed by atoms with Crippen molar-refractivity contribution in [3.05, 3.63) is 63.7 Å². The number of rotatable bonds is 5. The molecule has 0 unspecified atom stereocenters. The Morgan fingerprint density at radius 2 is 1.86 bits per heavy atom. The number of ether oxygens (including phenoxy) is 2. The molecule has 0 aliphatic carbocycles. The number of hydrogen-bond donors (Lipinski definition) is 0. The molecule has 0 aliphatic heterocycles. The fourth-order valence-electron chi connectivity index (χ4n) is 1.63. The molecule has 0 amide bonds. The summed E-state index contributed by atoms with van der Waals surface area (Å²) in [5.41, 5.74) is -0.156. The second-order valence-electron chi connectivity index (χ2n) is 4.39. The molecular weight excluding hydrogens is 310 g/mol. The van der Waals surface area contributed by atoms with Crippen LogP contribution in [0.25, 0.3) is 0 Å². The molecule has 2 rings (SSSR count). The Labute approximate surface area is 131 Å². The fourth-order valence-corrected chi connectivity index (χ4v) is 1.75. The van der Waals surface area contributed by atoms with E-state index >= 15 is 0 Å². The van der Waals surface area contributed by atoms with Crippen LogP contribution in [0.1, 0.15) is 6.92 Å². The van der Waals surface area contributed by atoms with E-state index in [9.17, 15) is 14.9 Å². The van der Waals surface area contributed by atoms with Gasteiger partial charge in [-0.15, -0.1) is 0 Å². The molecule has 0 heterocycles. The van der Waals surface area contributed by atoms with Gasteiger partial charge in [-0.3, -0.25) is 10.1 Å². The van der Waals surface area contributed by atoms with Gasteiger partial charge in [-0.1, -0.05) is 17.7 Å². The van der Waals surface area contributed by atoms with E-state index < -0.39 is 17.0 Å². The van der Waals surface area contributed by atoms with E-state index in [-0.39, 0.29) is 11.4 Å². The van der Waals surface area contributed by atoms with Crippen LogP contribution in [0.3, 0.4) is 0 Å². The van der Waals surface area contributed by atoms with Gasteiger partial charge in [0.25, 0.3) is 5.69 Å². The molecule has 2 aromatic carbocycles. The van der Waals surface area contributed by atoms with Gasteiger partial charge in [0.05, 0.1) is 11.0 Å². The normalized spacial score (nSPS) is 11.5. The Hall–Kier alpha value is -2.60. The molecule has 0 aromatic heterocycles. The van der Waals surface area contributed by atoms with Gasteiger partial charge in [-0.05, 0) is 37.3 Å². The molecular formula is C15H12ClNO5. The first-order valence-corrected chi connectivity index (χ1v) is 6.72. The molecule has 0 saturated carbocycles. The first-order valence-electron chi connectivity index (χ1n) is 6.34. The highest BCUT2D eigenvalue weighted by molar-refractivity contribution is 6.30. The standard InChI is InChI=1S/C15H12ClNO5/c1-10(21-13-7-5-11(16)6-8-13)15(18)22-14-4-2-3-12(9-14)17(19)20/h2-10H,1H3/t10-/m1/s1. The highest BCUT2D eigenvalue weighted by Gasteiger charge is 2.18. The van der Waals surface area contributed by atoms with Crippen molar-refractivity contribution in [3.8, 4) is 11.5 Å². The van der Waals surface area contributed by atoms with E-state index in [1.807, 2.05) is 0 Å². The van der Waals surface area contributed by atoms with Crippen LogP contribution < -0.4 is 9.47 Å². The van der Waals surface area contributed by atoms with Crippen molar-refractivity contribution >= 4 is 23.3 Å². The smallest absolute Gasteiger partial charge is 0.352 e. The lowest BCUT2D eigenvalue weighted by atomic mass is 10.3. The van der Waals surface area contributed by atoms with Crippen molar-refractivity contribution in [1.29, 1.82) is 0 Å². The number of carbonyl (C=O) groups is 1. The number of benzene rings is 2. The zero-order chi connectivity index (χ0) is 16.1. The summed E-state index contributed by atoms with van der Waals surface area (Å²) in [5, 5.41) is 11.2. The van der Waals surface area contributed by atoms with Crippen LogP contribution in [0, 0.1) is 10.1 Å². The third-order valence-electron chi connectivity index (χ3n) is 2.71. The molecule has 0 N–H and O–H groups in total. The number of non-ortho nitro benzene ring substituents is 1. The zero-order valence-electron chi connectivity index (χ0n) is 11.6. The van der Waals surface area contributed by atoms with Crippen molar-refractivity contribution in [2.45, 2.75) is 13.0 Å². The van der Waals surface area contributed by atoms with Crippen molar-refractivity contribution in [3.63, 3.8) is 0 Å². The number of nitro benzene ring substituents is 1. The number of carbonyl (C=O) groups excluding carboxylic acids is 1. The number of nitro groups is 1. The van der Waals surface area contributed by atoms with Gasteiger partial charge < -0.3 is 9.47 Å². The zero-order valence-corrected chi connectivity index (χ0v) is 12.3. The quantitative estimate of drug-likeness (QED) is 0.364. The first-order chi connectivity index (χ1) is 10.5. The molecule has 2 aromatic rings. The molecule has 114 valence electrons. The van der Waals surface area contributed by atoms with Crippen LogP contribution in [-0.2, 0) is 4.79 Å². The van der Waals surface area contributed by atoms with Crippen LogP contribution in [-0.4, -0.2) is 17.0 Å². The molecule has 0 radical (unpaired) electrons. The lowest BCUT2D eigenvalue weighted by Crippen LogP contribution is -2.28. The fraction of sp³-hybridized carbons (Fsp3) is 0.133. The lowest BCUT2D eigenvalue weighted by molar-refractivity contribution is -0.384. The van der Waals surface area contributed by atoms with E-state index in [1.54, 1.807) is 24.3 Å². The summed E-state index contributed by atoms with van der Waals surface area (Å²) in [5.74, 6) is -0.103. The Balaban J connectivity index is 2.00. The van der Waals surface area contributed by atoms with Crippen LogP contribution in [0.15, 0.2) is 48.5 Å². The largest absolute Gasteiger partial charge is 0.479 e. The molecule has 0 fully saturated rings. The van der Waals surface area contributed by atoms with Crippen molar-refractivity contribution in [2.75, 3.05) is 0 Å². The summed E-state index contributed by atoms with van der Waals surface area (Å²) in [4.78, 5) is 22.0. The first kappa shape index (κ1) is 15.8. The van der Waals surface area contributed by atoms with E-state index in [1.165, 1.54) is 31.2 Å². The van der Waals surface area contributed by atoms with Gasteiger partial charge in [0, 0.05) is 11.1 Å². The third-order valence-corrected chi connectivity index (χ3v) is 2.96. The monoisotopic (exact) mass is 321 g/mol. The minimum Gasteiger partial charge on any atom is -0.479 e. The van der Waals surface area contributed by atoms with E-state index in [4.69, 9.17) is 21.1 Å². The molecule has 0 spiro atoms. The third kappa shape index (κ3) is 4.20. The maximum Gasteiger partial charge on any atom is 0.352 e. The summed E-state index contributed by atoms with van der Waals surface area (Å²) in [6, 6.07) is 11.9. The van der Waals surface area contributed by atoms with Crippen LogP contribution in [0.4, 0.5) is 5.69 Å². The van der Waals surface area contributed by atoms with Gasteiger partial charge in [-0.2, -0.15) is 0 Å². The number of nitrogens with zero attached hydrogens (tertiary/aromatic N) is 1. The van der Waals surface area contributed by atoms with Crippen LogP contribution in [0.2, 0.25) is 5.02 Å². The topological polar surface area (TPSA) is 78.7 Å². The number of halogens is 1. The highest BCUT2D eigenvalue weighted by atomic mass is 35.5. The van der Waals surface area contributed by atoms with Gasteiger partial charge in [0.2, 0.25) is 0 Å². The Bertz CT molecular complexity index is 687. The van der Waals surface area contributed by atoms with Crippen LogP contribution in [0.5, 0.6) is 11.5 Å². The summed E-state index contributed by atoms with van der Waals surface area (Å²) in [6.07, 6.45) is -0.875. The molecule has 0 saturated heterocycles. The molecule has 22 heavy (non-hydrogen) atoms. The van der Waals surface area contributed by atoms with E-state index in [2.05, 4.69) is 0 Å². The SMILES string of the molecule is C[C@@H](Oc1ccc(Cl)cc1)C(=O)Oc1cccc([N+](=O)[O-])c1. The number of esters is 1. The Kier molecular flexibility index (Phi) is 4.95. The van der Waals surface area contributed by atoms with Crippen molar-refractivity contribution in [2.24, 2.45) is 0 Å². The minimum absolute atomic E-state index is 0.0887. The van der Waals surface area contributed by atoms with Gasteiger partial charge in [-0.25, -0.2) is 4.79 Å². The summed E-state index contributed by atoms with van der Waals surface area (Å²) in [6.45, 7) is 1.52. The van der Waals surface area contributed by atoms with Crippen molar-refractivity contribution < 1.29 is 19.2 Å². The van der Waals surface area contributed by atoms with Crippen molar-refractivity contribution in [1.82, 2.24) is 0 Å². The lowest BCUT2D eigenvalue weighted by Gasteiger charge is -2.13. The average molecular weight is 322 g/mol. The van der Waals surface area contributed by atoms with Gasteiger partial charge in [0.15, 0.2) is 6.10 Å². The summed E-state index contributed by atoms with van der Waals surface area (Å²) in [7, 11) is 0. The molecule has 0 bridgehead atoms. The maximum atomic E-state index is 11.9. The second kappa shape index (κ2) is 6.91.